The van der Waals surface area contributed by atoms with E-state index in [0.29, 0.717) is 6.04 Å². The first kappa shape index (κ1) is 15.8. The molecule has 1 saturated heterocycles. The first-order valence-electron chi connectivity index (χ1n) is 7.39. The molecule has 2 N–H and O–H groups in total. The zero-order chi connectivity index (χ0) is 14.7. The van der Waals surface area contributed by atoms with E-state index in [1.165, 1.54) is 5.56 Å². The van der Waals surface area contributed by atoms with Gasteiger partial charge in [0, 0.05) is 23.7 Å². The molecule has 20 heavy (non-hydrogen) atoms. The maximum Gasteiger partial charge on any atom is 0.0703 e. The third-order valence-electron chi connectivity index (χ3n) is 4.37. The Kier molecular flexibility index (Phi) is 5.44. The average Bonchev–Trinajstić information content (AvgIpc) is 2.85. The summed E-state index contributed by atoms with van der Waals surface area (Å²) in [6, 6.07) is 8.72. The Balaban J connectivity index is 2.27. The molecular formula is C16H25ClN2O. The van der Waals surface area contributed by atoms with Gasteiger partial charge >= 0.3 is 0 Å². The van der Waals surface area contributed by atoms with Crippen LogP contribution in [0.5, 0.6) is 0 Å². The van der Waals surface area contributed by atoms with E-state index >= 15 is 0 Å². The summed E-state index contributed by atoms with van der Waals surface area (Å²) in [5, 5.41) is 0.764. The number of rotatable bonds is 5. The molecular weight excluding hydrogens is 272 g/mol. The van der Waals surface area contributed by atoms with Gasteiger partial charge in [0.1, 0.15) is 0 Å². The number of likely N-dealkylation sites (N-methyl/N-ethyl adjacent to an activating group) is 1. The Bertz CT molecular complexity index is 440. The van der Waals surface area contributed by atoms with Crippen molar-refractivity contribution in [2.75, 3.05) is 13.7 Å². The van der Waals surface area contributed by atoms with Crippen molar-refractivity contribution >= 4 is 11.6 Å². The van der Waals surface area contributed by atoms with Crippen molar-refractivity contribution < 1.29 is 4.74 Å². The third kappa shape index (κ3) is 3.34. The molecule has 0 amide bonds. The van der Waals surface area contributed by atoms with Gasteiger partial charge in [-0.05, 0) is 44.5 Å². The molecule has 0 spiro atoms. The summed E-state index contributed by atoms with van der Waals surface area (Å²) < 4.78 is 5.70. The number of hydrogen-bond acceptors (Lipinski definition) is 3. The molecule has 4 atom stereocenters. The van der Waals surface area contributed by atoms with Crippen LogP contribution in [-0.2, 0) is 4.74 Å². The van der Waals surface area contributed by atoms with Gasteiger partial charge in [0.2, 0.25) is 0 Å². The molecule has 0 aliphatic carbocycles. The van der Waals surface area contributed by atoms with Crippen molar-refractivity contribution in [2.45, 2.75) is 50.9 Å². The fourth-order valence-corrected chi connectivity index (χ4v) is 3.36. The van der Waals surface area contributed by atoms with Crippen LogP contribution in [0.3, 0.4) is 0 Å². The predicted molar refractivity (Wildman–Crippen MR) is 84.0 cm³/mol. The van der Waals surface area contributed by atoms with Crippen LogP contribution >= 0.6 is 11.6 Å². The van der Waals surface area contributed by atoms with E-state index in [-0.39, 0.29) is 18.2 Å². The van der Waals surface area contributed by atoms with Crippen molar-refractivity contribution in [1.29, 1.82) is 0 Å². The second kappa shape index (κ2) is 6.90. The SMILES string of the molecule is CCC(N)C(c1cccc(Cl)c1)N(C)C1CCOC1C. The highest BCUT2D eigenvalue weighted by atomic mass is 35.5. The first-order chi connectivity index (χ1) is 9.54. The Hall–Kier alpha value is -0.610. The number of nitrogens with two attached hydrogens (primary N) is 1. The van der Waals surface area contributed by atoms with Crippen LogP contribution in [0.15, 0.2) is 24.3 Å². The smallest absolute Gasteiger partial charge is 0.0703 e. The normalized spacial score (nSPS) is 25.9. The zero-order valence-corrected chi connectivity index (χ0v) is 13.3. The van der Waals surface area contributed by atoms with Gasteiger partial charge in [-0.3, -0.25) is 4.90 Å². The number of benzene rings is 1. The fraction of sp³-hybridized carbons (Fsp3) is 0.625. The van der Waals surface area contributed by atoms with Crippen LogP contribution in [0.25, 0.3) is 0 Å². The fourth-order valence-electron chi connectivity index (χ4n) is 3.16. The second-order valence-corrected chi connectivity index (χ2v) is 6.11. The van der Waals surface area contributed by atoms with E-state index in [0.717, 1.165) is 24.5 Å². The van der Waals surface area contributed by atoms with Gasteiger partial charge in [-0.2, -0.15) is 0 Å². The summed E-state index contributed by atoms with van der Waals surface area (Å²) in [6.45, 7) is 5.10. The maximum atomic E-state index is 6.39. The molecule has 4 unspecified atom stereocenters. The molecule has 1 aliphatic rings. The van der Waals surface area contributed by atoms with Crippen molar-refractivity contribution in [1.82, 2.24) is 4.90 Å². The van der Waals surface area contributed by atoms with Crippen LogP contribution in [0.2, 0.25) is 5.02 Å². The van der Waals surface area contributed by atoms with E-state index in [2.05, 4.69) is 31.9 Å². The van der Waals surface area contributed by atoms with Gasteiger partial charge < -0.3 is 10.5 Å². The lowest BCUT2D eigenvalue weighted by atomic mass is 9.94. The highest BCUT2D eigenvalue weighted by Gasteiger charge is 2.34. The van der Waals surface area contributed by atoms with Gasteiger partial charge in [0.05, 0.1) is 12.1 Å². The van der Waals surface area contributed by atoms with Gasteiger partial charge in [-0.15, -0.1) is 0 Å². The van der Waals surface area contributed by atoms with Gasteiger partial charge in [0.15, 0.2) is 0 Å². The van der Waals surface area contributed by atoms with Crippen LogP contribution in [0, 0.1) is 0 Å². The Morgan fingerprint density at radius 1 is 1.50 bits per heavy atom. The summed E-state index contributed by atoms with van der Waals surface area (Å²) in [5.74, 6) is 0. The number of nitrogens with zero attached hydrogens (tertiary/aromatic N) is 1. The van der Waals surface area contributed by atoms with Crippen molar-refractivity contribution in [2.24, 2.45) is 5.73 Å². The third-order valence-corrected chi connectivity index (χ3v) is 4.60. The predicted octanol–water partition coefficient (Wildman–Crippen LogP) is 3.23. The van der Waals surface area contributed by atoms with Gasteiger partial charge in [-0.25, -0.2) is 0 Å². The second-order valence-electron chi connectivity index (χ2n) is 5.67. The lowest BCUT2D eigenvalue weighted by molar-refractivity contribution is 0.0609. The minimum absolute atomic E-state index is 0.0891. The standard InChI is InChI=1S/C16H25ClN2O/c1-4-14(18)16(12-6-5-7-13(17)10-12)19(3)15-8-9-20-11(15)2/h5-7,10-11,14-16H,4,8-9,18H2,1-3H3. The molecule has 4 heteroatoms. The van der Waals surface area contributed by atoms with Gasteiger partial charge in [-0.1, -0.05) is 30.7 Å². The zero-order valence-electron chi connectivity index (χ0n) is 12.6. The van der Waals surface area contributed by atoms with E-state index < -0.39 is 0 Å². The van der Waals surface area contributed by atoms with E-state index in [1.807, 2.05) is 18.2 Å². The van der Waals surface area contributed by atoms with E-state index in [4.69, 9.17) is 22.1 Å². The molecule has 1 fully saturated rings. The maximum absolute atomic E-state index is 6.39. The lowest BCUT2D eigenvalue weighted by Crippen LogP contribution is -2.46. The summed E-state index contributed by atoms with van der Waals surface area (Å²) >= 11 is 6.15. The average molecular weight is 297 g/mol. The molecule has 112 valence electrons. The number of halogens is 1. The molecule has 1 aromatic carbocycles. The number of hydrogen-bond donors (Lipinski definition) is 1. The Morgan fingerprint density at radius 3 is 2.80 bits per heavy atom. The molecule has 1 aromatic rings. The van der Waals surface area contributed by atoms with Crippen LogP contribution in [0.1, 0.15) is 38.3 Å². The summed E-state index contributed by atoms with van der Waals surface area (Å²) in [7, 11) is 2.15. The van der Waals surface area contributed by atoms with Crippen molar-refractivity contribution in [3.05, 3.63) is 34.9 Å². The molecule has 0 aromatic heterocycles. The first-order valence-corrected chi connectivity index (χ1v) is 7.77. The summed E-state index contributed by atoms with van der Waals surface area (Å²) in [4.78, 5) is 2.37. The Labute approximate surface area is 127 Å². The van der Waals surface area contributed by atoms with E-state index in [1.54, 1.807) is 0 Å². The summed E-state index contributed by atoms with van der Waals surface area (Å²) in [5.41, 5.74) is 7.58. The lowest BCUT2D eigenvalue weighted by Gasteiger charge is -2.38. The summed E-state index contributed by atoms with van der Waals surface area (Å²) in [6.07, 6.45) is 2.25. The minimum Gasteiger partial charge on any atom is -0.377 e. The minimum atomic E-state index is 0.0891. The quantitative estimate of drug-likeness (QED) is 0.906. The van der Waals surface area contributed by atoms with Crippen molar-refractivity contribution in [3.63, 3.8) is 0 Å². The number of ether oxygens (including phenoxy) is 1. The highest BCUT2D eigenvalue weighted by Crippen LogP contribution is 2.31. The molecule has 0 bridgehead atoms. The Morgan fingerprint density at radius 2 is 2.25 bits per heavy atom. The van der Waals surface area contributed by atoms with Crippen LogP contribution < -0.4 is 5.73 Å². The van der Waals surface area contributed by atoms with Crippen LogP contribution in [0.4, 0.5) is 0 Å². The largest absolute Gasteiger partial charge is 0.377 e. The van der Waals surface area contributed by atoms with Crippen molar-refractivity contribution in [3.8, 4) is 0 Å². The molecule has 1 aliphatic heterocycles. The molecule has 3 nitrogen and oxygen atoms in total. The van der Waals surface area contributed by atoms with Crippen LogP contribution in [-0.4, -0.2) is 36.7 Å². The molecule has 0 saturated carbocycles. The molecule has 0 radical (unpaired) electrons. The van der Waals surface area contributed by atoms with Gasteiger partial charge in [0.25, 0.3) is 0 Å². The topological polar surface area (TPSA) is 38.5 Å². The highest BCUT2D eigenvalue weighted by molar-refractivity contribution is 6.30. The van der Waals surface area contributed by atoms with E-state index in [9.17, 15) is 0 Å². The molecule has 2 rings (SSSR count). The monoisotopic (exact) mass is 296 g/mol. The molecule has 1 heterocycles.